The van der Waals surface area contributed by atoms with Crippen LogP contribution >= 0.6 is 0 Å². The van der Waals surface area contributed by atoms with E-state index in [1.54, 1.807) is 6.20 Å². The average Bonchev–Trinajstić information content (AvgIpc) is 0.830. The van der Waals surface area contributed by atoms with Crippen LogP contribution in [0, 0.1) is 111 Å². The average molecular weight is 1470 g/mol. The quantitative estimate of drug-likeness (QED) is 0.139. The van der Waals surface area contributed by atoms with Crippen LogP contribution in [-0.2, 0) is 0 Å². The monoisotopic (exact) mass is 1470 g/mol. The van der Waals surface area contributed by atoms with E-state index in [0.29, 0.717) is 0 Å². The Labute approximate surface area is 660 Å². The van der Waals surface area contributed by atoms with Gasteiger partial charge < -0.3 is 0 Å². The minimum atomic E-state index is 0.930. The Bertz CT molecular complexity index is 5000. The van der Waals surface area contributed by atoms with Crippen molar-refractivity contribution in [1.82, 2.24) is 79.7 Å². The van der Waals surface area contributed by atoms with Crippen LogP contribution in [0.15, 0.2) is 294 Å². The summed E-state index contributed by atoms with van der Waals surface area (Å²) in [5.41, 5.74) is 34.8. The second-order valence-corrected chi connectivity index (χ2v) is 27.2. The second kappa shape index (κ2) is 42.2. The molecule has 16 heteroatoms. The second-order valence-electron chi connectivity index (χ2n) is 27.2. The molecule has 0 radical (unpaired) electrons. The van der Waals surface area contributed by atoms with E-state index in [1.807, 2.05) is 327 Å². The highest BCUT2D eigenvalue weighted by atomic mass is 14.8. The summed E-state index contributed by atoms with van der Waals surface area (Å²) in [4.78, 5) is 68.2. The number of hydrogen-bond acceptors (Lipinski definition) is 16. The molecule has 0 aliphatic carbocycles. The summed E-state index contributed by atoms with van der Waals surface area (Å²) in [7, 11) is 0. The Morgan fingerprint density at radius 1 is 0.188 bits per heavy atom. The first-order valence-corrected chi connectivity index (χ1v) is 36.9. The molecule has 0 spiro atoms. The molecule has 0 aliphatic rings. The molecule has 0 bridgehead atoms. The van der Waals surface area contributed by atoms with Gasteiger partial charge in [0.2, 0.25) is 0 Å². The number of pyridine rings is 16. The van der Waals surface area contributed by atoms with Crippen molar-refractivity contribution in [3.63, 3.8) is 0 Å². The summed E-state index contributed by atoms with van der Waals surface area (Å²) < 4.78 is 0. The Morgan fingerprint density at radius 3 is 1.11 bits per heavy atom. The highest BCUT2D eigenvalue weighted by molar-refractivity contribution is 5.70. The lowest BCUT2D eigenvalue weighted by atomic mass is 10.0. The third-order valence-electron chi connectivity index (χ3n) is 17.2. The van der Waals surface area contributed by atoms with Gasteiger partial charge in [-0.2, -0.15) is 0 Å². The van der Waals surface area contributed by atoms with Gasteiger partial charge in [0.25, 0.3) is 0 Å². The van der Waals surface area contributed by atoms with Crippen molar-refractivity contribution in [2.24, 2.45) is 0 Å². The third kappa shape index (κ3) is 26.4. The third-order valence-corrected chi connectivity index (χ3v) is 17.2. The zero-order chi connectivity index (χ0) is 79.7. The number of hydrogen-bond donors (Lipinski definition) is 0. The van der Waals surface area contributed by atoms with Gasteiger partial charge in [0.05, 0.1) is 45.6 Å². The lowest BCUT2D eigenvalue weighted by molar-refractivity contribution is 1.17. The summed E-state index contributed by atoms with van der Waals surface area (Å²) in [5, 5.41) is 0. The summed E-state index contributed by atoms with van der Waals surface area (Å²) in [5.74, 6) is 0. The van der Waals surface area contributed by atoms with Crippen LogP contribution in [0.2, 0.25) is 0 Å². The minimum absolute atomic E-state index is 0.930. The Kier molecular flexibility index (Phi) is 31.1. The van der Waals surface area contributed by atoms with Crippen LogP contribution in [0.4, 0.5) is 0 Å². The molecule has 16 aromatic rings. The van der Waals surface area contributed by atoms with Gasteiger partial charge >= 0.3 is 0 Å². The minimum Gasteiger partial charge on any atom is -0.264 e. The maximum Gasteiger partial charge on any atom is 0.0889 e. The fraction of sp³-hybridized carbons (Fsp3) is 0.167. The van der Waals surface area contributed by atoms with E-state index < -0.39 is 0 Å². The molecule has 0 fully saturated rings. The van der Waals surface area contributed by atoms with Crippen molar-refractivity contribution in [3.05, 3.63) is 383 Å². The number of nitrogens with zero attached hydrogens (tertiary/aromatic N) is 16. The summed E-state index contributed by atoms with van der Waals surface area (Å²) >= 11 is 0. The van der Waals surface area contributed by atoms with Crippen molar-refractivity contribution < 1.29 is 0 Å². The molecule has 16 nitrogen and oxygen atoms in total. The van der Waals surface area contributed by atoms with Crippen molar-refractivity contribution in [3.8, 4) is 90.1 Å². The highest BCUT2D eigenvalue weighted by Gasteiger charge is 2.09. The SMILES string of the molecule is Cc1ccc(-c2ccc(C)nc2)nc1.Cc1ccc(-c2cccc(C)n2)cn1.Cc1ccc(-c2cccc(C)n2)nc1.Cc1ccc(-c2ccnc(C)c2)nc1.Cc1cccnc1-c1cccnc1C.Cc1ccnc(-c2cc(C)ccn2)c1.Cc1cncc(-c2cncc(C)c2)c1.Cc1cnccc1-c1ccncc1C. The van der Waals surface area contributed by atoms with Gasteiger partial charge in [-0.3, -0.25) is 79.7 Å². The molecule has 0 amide bonds. The maximum absolute atomic E-state index is 4.43. The Morgan fingerprint density at radius 2 is 0.661 bits per heavy atom. The molecule has 0 aromatic carbocycles. The molecular formula is C96H96N16. The van der Waals surface area contributed by atoms with Crippen molar-refractivity contribution >= 4 is 0 Å². The molecular weight excluding hydrogens is 1380 g/mol. The first kappa shape index (κ1) is 82.5. The van der Waals surface area contributed by atoms with Crippen molar-refractivity contribution in [2.75, 3.05) is 0 Å². The molecule has 16 rings (SSSR count). The fourth-order valence-electron chi connectivity index (χ4n) is 11.1. The van der Waals surface area contributed by atoms with E-state index in [2.05, 4.69) is 151 Å². The predicted octanol–water partition coefficient (Wildman–Crippen LogP) is 22.1. The van der Waals surface area contributed by atoms with Crippen LogP contribution < -0.4 is 0 Å². The van der Waals surface area contributed by atoms with Crippen LogP contribution in [-0.4, -0.2) is 79.7 Å². The van der Waals surface area contributed by atoms with E-state index >= 15 is 0 Å². The Hall–Kier alpha value is -13.6. The standard InChI is InChI=1S/8C12H12N2/c1-9-3-11(7-13-5-9)12-4-10(2)6-14-8-12;1-9-3-6-12(14-7-9)11-5-4-10(2)13-8-11;1-9-7-13-5-3-11(9)12-4-6-14-8-10(12)2;1-9-3-5-13-11(7-9)12-8-10(2)4-6-14-12;1-9-5-3-8-14-12(9)11-6-4-7-13-10(11)2;1-9-3-4-12(14-8-9)11-5-6-13-10(2)7-11;1-9-6-7-11(8-13-9)12-5-3-4-10(2)14-12;1-9-6-7-11(13-8-9)12-5-3-4-10(2)14-12/h8*3-8H,1-2H3. The first-order chi connectivity index (χ1) is 54.1. The molecule has 0 saturated heterocycles. The molecule has 16 heterocycles. The van der Waals surface area contributed by atoms with Gasteiger partial charge in [0, 0.05) is 179 Å². The maximum atomic E-state index is 4.43. The van der Waals surface area contributed by atoms with Gasteiger partial charge in [0.15, 0.2) is 0 Å². The smallest absolute Gasteiger partial charge is 0.0889 e. The lowest BCUT2D eigenvalue weighted by Crippen LogP contribution is -1.91. The zero-order valence-corrected chi connectivity index (χ0v) is 66.9. The number of aromatic nitrogens is 16. The van der Waals surface area contributed by atoms with Crippen LogP contribution in [0.1, 0.15) is 89.8 Å². The summed E-state index contributed by atoms with van der Waals surface area (Å²) in [6.07, 6.45) is 33.2. The molecule has 560 valence electrons. The largest absolute Gasteiger partial charge is 0.264 e. The fourth-order valence-corrected chi connectivity index (χ4v) is 11.1. The predicted molar refractivity (Wildman–Crippen MR) is 456 cm³/mol. The van der Waals surface area contributed by atoms with Gasteiger partial charge in [0.1, 0.15) is 0 Å². The molecule has 0 unspecified atom stereocenters. The molecule has 16 aromatic heterocycles. The molecule has 0 saturated carbocycles. The van der Waals surface area contributed by atoms with Gasteiger partial charge in [-0.15, -0.1) is 0 Å². The lowest BCUT2D eigenvalue weighted by Gasteiger charge is -2.07. The molecule has 0 aliphatic heterocycles. The van der Waals surface area contributed by atoms with E-state index in [4.69, 9.17) is 0 Å². The van der Waals surface area contributed by atoms with E-state index in [9.17, 15) is 0 Å². The first-order valence-electron chi connectivity index (χ1n) is 36.9. The van der Waals surface area contributed by atoms with E-state index in [0.717, 1.165) is 113 Å². The van der Waals surface area contributed by atoms with Gasteiger partial charge in [-0.05, 0) is 323 Å². The Balaban J connectivity index is 0.000000147. The highest BCUT2D eigenvalue weighted by Crippen LogP contribution is 2.27. The van der Waals surface area contributed by atoms with Crippen molar-refractivity contribution in [1.29, 1.82) is 0 Å². The normalized spacial score (nSPS) is 10.1. The van der Waals surface area contributed by atoms with E-state index in [-0.39, 0.29) is 0 Å². The number of rotatable bonds is 8. The van der Waals surface area contributed by atoms with Crippen LogP contribution in [0.5, 0.6) is 0 Å². The summed E-state index contributed by atoms with van der Waals surface area (Å²) in [6, 6.07) is 60.7. The van der Waals surface area contributed by atoms with Crippen LogP contribution in [0.25, 0.3) is 90.1 Å². The zero-order valence-electron chi connectivity index (χ0n) is 66.9. The molecule has 112 heavy (non-hydrogen) atoms. The summed E-state index contributed by atoms with van der Waals surface area (Å²) in [6.45, 7) is 32.4. The van der Waals surface area contributed by atoms with Crippen LogP contribution in [0.3, 0.4) is 0 Å². The van der Waals surface area contributed by atoms with E-state index in [1.165, 1.54) is 66.8 Å². The number of aryl methyl sites for hydroxylation is 16. The van der Waals surface area contributed by atoms with Crippen molar-refractivity contribution in [2.45, 2.75) is 111 Å². The van der Waals surface area contributed by atoms with Gasteiger partial charge in [-0.25, -0.2) is 0 Å². The molecule has 0 atom stereocenters. The van der Waals surface area contributed by atoms with Gasteiger partial charge in [-0.1, -0.05) is 36.4 Å². The molecule has 0 N–H and O–H groups in total. The topological polar surface area (TPSA) is 206 Å².